The Morgan fingerprint density at radius 2 is 1.52 bits per heavy atom. The van der Waals surface area contributed by atoms with Crippen LogP contribution >= 0.6 is 0 Å². The van der Waals surface area contributed by atoms with Gasteiger partial charge in [-0.15, -0.1) is 0 Å². The van der Waals surface area contributed by atoms with E-state index in [-0.39, 0.29) is 0 Å². The molecule has 0 heterocycles. The average molecular weight is 274 g/mol. The second-order valence-electron chi connectivity index (χ2n) is 5.31. The van der Waals surface area contributed by atoms with E-state index in [1.807, 2.05) is 48.5 Å². The van der Waals surface area contributed by atoms with E-state index in [9.17, 15) is 0 Å². The Morgan fingerprint density at radius 1 is 0.857 bits per heavy atom. The van der Waals surface area contributed by atoms with E-state index in [4.69, 9.17) is 10.8 Å². The van der Waals surface area contributed by atoms with Crippen LogP contribution in [0.25, 0.3) is 11.1 Å². The summed E-state index contributed by atoms with van der Waals surface area (Å²) in [5.41, 5.74) is 5.08. The van der Waals surface area contributed by atoms with Crippen molar-refractivity contribution in [2.75, 3.05) is 0 Å². The zero-order valence-electron chi connectivity index (χ0n) is 11.9. The van der Waals surface area contributed by atoms with Crippen molar-refractivity contribution in [3.8, 4) is 11.1 Å². The molecule has 2 heteroatoms. The van der Waals surface area contributed by atoms with Crippen LogP contribution < -0.4 is 0 Å². The maximum atomic E-state index is 8.32. The Morgan fingerprint density at radius 3 is 2.19 bits per heavy atom. The fourth-order valence-corrected chi connectivity index (χ4v) is 2.65. The fourth-order valence-electron chi connectivity index (χ4n) is 2.65. The van der Waals surface area contributed by atoms with E-state index in [1.54, 1.807) is 0 Å². The van der Waals surface area contributed by atoms with Crippen molar-refractivity contribution in [2.24, 2.45) is 0 Å². The molecule has 2 aromatic rings. The van der Waals surface area contributed by atoms with E-state index in [1.165, 1.54) is 5.56 Å². The molecule has 2 nitrogen and oxygen atoms in total. The van der Waals surface area contributed by atoms with Gasteiger partial charge in [0.25, 0.3) is 0 Å². The van der Waals surface area contributed by atoms with Crippen molar-refractivity contribution in [3.05, 3.63) is 71.8 Å². The standard InChI is InChI=1S/C19H18N2/c20-18-9-5-4-8-17(18)19(21)16-12-10-15(11-13-16)14-6-2-1-3-7-14/h1-3,6-8,10-13,20-21H,4-5,9H2. The van der Waals surface area contributed by atoms with Gasteiger partial charge in [-0.25, -0.2) is 0 Å². The van der Waals surface area contributed by atoms with Crippen LogP contribution in [0.4, 0.5) is 0 Å². The third-order valence-electron chi connectivity index (χ3n) is 3.85. The van der Waals surface area contributed by atoms with Gasteiger partial charge < -0.3 is 5.41 Å². The van der Waals surface area contributed by atoms with Gasteiger partial charge in [-0.1, -0.05) is 60.7 Å². The van der Waals surface area contributed by atoms with Crippen LogP contribution in [-0.2, 0) is 0 Å². The smallest absolute Gasteiger partial charge is 0.0699 e. The molecule has 0 unspecified atom stereocenters. The zero-order chi connectivity index (χ0) is 14.7. The highest BCUT2D eigenvalue weighted by molar-refractivity contribution is 6.28. The lowest BCUT2D eigenvalue weighted by Gasteiger charge is -2.15. The lowest BCUT2D eigenvalue weighted by Crippen LogP contribution is -2.15. The van der Waals surface area contributed by atoms with E-state index in [0.29, 0.717) is 11.4 Å². The number of nitrogens with one attached hydrogen (secondary N) is 2. The van der Waals surface area contributed by atoms with Gasteiger partial charge in [0, 0.05) is 16.8 Å². The lowest BCUT2D eigenvalue weighted by atomic mass is 9.90. The lowest BCUT2D eigenvalue weighted by molar-refractivity contribution is 0.869. The first kappa shape index (κ1) is 13.5. The minimum absolute atomic E-state index is 0.472. The summed E-state index contributed by atoms with van der Waals surface area (Å²) in [4.78, 5) is 0. The highest BCUT2D eigenvalue weighted by Gasteiger charge is 2.15. The molecule has 21 heavy (non-hydrogen) atoms. The predicted molar refractivity (Wildman–Crippen MR) is 88.4 cm³/mol. The topological polar surface area (TPSA) is 47.7 Å². The number of rotatable bonds is 3. The molecule has 3 rings (SSSR count). The van der Waals surface area contributed by atoms with E-state index in [2.05, 4.69) is 12.1 Å². The summed E-state index contributed by atoms with van der Waals surface area (Å²) in [6, 6.07) is 18.3. The van der Waals surface area contributed by atoms with Gasteiger partial charge in [-0.05, 0) is 30.4 Å². The number of hydrogen-bond donors (Lipinski definition) is 2. The van der Waals surface area contributed by atoms with Crippen LogP contribution in [-0.4, -0.2) is 11.4 Å². The molecule has 1 aliphatic carbocycles. The van der Waals surface area contributed by atoms with Gasteiger partial charge in [0.2, 0.25) is 0 Å². The summed E-state index contributed by atoms with van der Waals surface area (Å²) >= 11 is 0. The van der Waals surface area contributed by atoms with Crippen LogP contribution in [0.5, 0.6) is 0 Å². The monoisotopic (exact) mass is 274 g/mol. The molecule has 0 bridgehead atoms. The molecule has 0 amide bonds. The second kappa shape index (κ2) is 5.88. The molecule has 0 atom stereocenters. The fraction of sp³-hybridized carbons (Fsp3) is 0.158. The minimum atomic E-state index is 0.472. The maximum Gasteiger partial charge on any atom is 0.0699 e. The largest absolute Gasteiger partial charge is 0.305 e. The van der Waals surface area contributed by atoms with Crippen molar-refractivity contribution < 1.29 is 0 Å². The van der Waals surface area contributed by atoms with Crippen LogP contribution in [0, 0.1) is 10.8 Å². The predicted octanol–water partition coefficient (Wildman–Crippen LogP) is 4.85. The summed E-state index contributed by atoms with van der Waals surface area (Å²) in [6.45, 7) is 0. The third-order valence-corrected chi connectivity index (χ3v) is 3.85. The first-order valence-corrected chi connectivity index (χ1v) is 7.28. The normalized spacial score (nSPS) is 14.7. The SMILES string of the molecule is N=C1CCCC=C1C(=N)c1ccc(-c2ccccc2)cc1. The van der Waals surface area contributed by atoms with Gasteiger partial charge in [-0.2, -0.15) is 0 Å². The first-order chi connectivity index (χ1) is 10.3. The van der Waals surface area contributed by atoms with E-state index >= 15 is 0 Å². The number of benzene rings is 2. The Kier molecular flexibility index (Phi) is 3.78. The molecule has 0 radical (unpaired) electrons. The molecule has 2 N–H and O–H groups in total. The average Bonchev–Trinajstić information content (AvgIpc) is 2.56. The summed E-state index contributed by atoms with van der Waals surface area (Å²) in [7, 11) is 0. The number of allylic oxidation sites excluding steroid dienone is 2. The van der Waals surface area contributed by atoms with Gasteiger partial charge >= 0.3 is 0 Å². The molecule has 0 saturated heterocycles. The summed E-state index contributed by atoms with van der Waals surface area (Å²) in [5, 5.41) is 16.3. The highest BCUT2D eigenvalue weighted by atomic mass is 14.5. The van der Waals surface area contributed by atoms with E-state index < -0.39 is 0 Å². The zero-order valence-corrected chi connectivity index (χ0v) is 11.9. The first-order valence-electron chi connectivity index (χ1n) is 7.28. The summed E-state index contributed by atoms with van der Waals surface area (Å²) in [6.07, 6.45) is 4.82. The second-order valence-corrected chi connectivity index (χ2v) is 5.31. The summed E-state index contributed by atoms with van der Waals surface area (Å²) in [5.74, 6) is 0. The molecule has 0 aliphatic heterocycles. The molecule has 0 saturated carbocycles. The molecule has 1 aliphatic rings. The van der Waals surface area contributed by atoms with Crippen LogP contribution in [0.2, 0.25) is 0 Å². The molecule has 0 aromatic heterocycles. The molecule has 0 fully saturated rings. The Bertz CT molecular complexity index is 694. The molecular weight excluding hydrogens is 256 g/mol. The van der Waals surface area contributed by atoms with Crippen LogP contribution in [0.15, 0.2) is 66.2 Å². The molecule has 2 aromatic carbocycles. The molecule has 0 spiro atoms. The quantitative estimate of drug-likeness (QED) is 0.752. The minimum Gasteiger partial charge on any atom is -0.305 e. The Hall–Kier alpha value is -2.48. The summed E-state index contributed by atoms with van der Waals surface area (Å²) < 4.78 is 0. The van der Waals surface area contributed by atoms with Crippen molar-refractivity contribution in [1.29, 1.82) is 10.8 Å². The highest BCUT2D eigenvalue weighted by Crippen LogP contribution is 2.22. The maximum absolute atomic E-state index is 8.32. The van der Waals surface area contributed by atoms with Gasteiger partial charge in [0.15, 0.2) is 0 Å². The Labute approximate surface area is 125 Å². The molecule has 104 valence electrons. The van der Waals surface area contributed by atoms with Gasteiger partial charge in [-0.3, -0.25) is 5.41 Å². The Balaban J connectivity index is 1.86. The van der Waals surface area contributed by atoms with Crippen molar-refractivity contribution in [2.45, 2.75) is 19.3 Å². The van der Waals surface area contributed by atoms with Crippen molar-refractivity contribution in [3.63, 3.8) is 0 Å². The number of hydrogen-bond acceptors (Lipinski definition) is 2. The van der Waals surface area contributed by atoms with Gasteiger partial charge in [0.05, 0.1) is 5.71 Å². The van der Waals surface area contributed by atoms with Crippen molar-refractivity contribution in [1.82, 2.24) is 0 Å². The van der Waals surface area contributed by atoms with Crippen LogP contribution in [0.3, 0.4) is 0 Å². The van der Waals surface area contributed by atoms with Gasteiger partial charge in [0.1, 0.15) is 0 Å². The van der Waals surface area contributed by atoms with Crippen LogP contribution in [0.1, 0.15) is 24.8 Å². The van der Waals surface area contributed by atoms with Crippen molar-refractivity contribution >= 4 is 11.4 Å². The van der Waals surface area contributed by atoms with E-state index in [0.717, 1.165) is 36.0 Å². The third kappa shape index (κ3) is 2.84. The molecular formula is C19H18N2.